The van der Waals surface area contributed by atoms with Crippen molar-refractivity contribution in [3.05, 3.63) is 101 Å². The first-order valence-electron chi connectivity index (χ1n) is 8.28. The summed E-state index contributed by atoms with van der Waals surface area (Å²) in [6.45, 7) is 0.355. The van der Waals surface area contributed by atoms with Gasteiger partial charge in [0.15, 0.2) is 0 Å². The summed E-state index contributed by atoms with van der Waals surface area (Å²) < 4.78 is 26.4. The molecular weight excluding hydrogens is 334 g/mol. The lowest BCUT2D eigenvalue weighted by Gasteiger charge is -2.18. The van der Waals surface area contributed by atoms with E-state index in [1.54, 1.807) is 42.7 Å². The minimum Gasteiger partial charge on any atom is -0.351 e. The smallest absolute Gasteiger partial charge is 0.228 e. The molecule has 0 fully saturated rings. The highest BCUT2D eigenvalue weighted by Crippen LogP contribution is 2.22. The first-order chi connectivity index (χ1) is 12.6. The van der Waals surface area contributed by atoms with E-state index in [1.165, 1.54) is 24.3 Å². The van der Waals surface area contributed by atoms with Crippen LogP contribution >= 0.6 is 0 Å². The van der Waals surface area contributed by atoms with Gasteiger partial charge in [-0.15, -0.1) is 0 Å². The molecular formula is C21H18F2N2O. The average Bonchev–Trinajstić information content (AvgIpc) is 2.67. The number of pyridine rings is 1. The number of nitrogens with zero attached hydrogens (tertiary/aromatic N) is 1. The molecule has 1 amide bonds. The third-order valence-corrected chi connectivity index (χ3v) is 4.13. The molecule has 0 aliphatic rings. The van der Waals surface area contributed by atoms with E-state index >= 15 is 0 Å². The van der Waals surface area contributed by atoms with Gasteiger partial charge in [-0.1, -0.05) is 30.3 Å². The number of halogens is 2. The molecule has 1 N–H and O–H groups in total. The Bertz CT molecular complexity index is 849. The molecule has 0 bridgehead atoms. The summed E-state index contributed by atoms with van der Waals surface area (Å²) in [5.74, 6) is -1.36. The number of aromatic nitrogens is 1. The SMILES string of the molecule is O=C(NCc1cccnc1)C(Cc1ccc(F)cc1)c1ccc(F)cc1. The van der Waals surface area contributed by atoms with Crippen LogP contribution in [0.25, 0.3) is 0 Å². The highest BCUT2D eigenvalue weighted by Gasteiger charge is 2.21. The number of nitrogens with one attached hydrogen (secondary N) is 1. The van der Waals surface area contributed by atoms with Crippen molar-refractivity contribution in [3.8, 4) is 0 Å². The van der Waals surface area contributed by atoms with E-state index in [9.17, 15) is 13.6 Å². The molecule has 2 aromatic carbocycles. The molecule has 1 unspecified atom stereocenters. The molecule has 0 aliphatic carbocycles. The zero-order valence-corrected chi connectivity index (χ0v) is 14.0. The van der Waals surface area contributed by atoms with E-state index < -0.39 is 5.92 Å². The summed E-state index contributed by atoms with van der Waals surface area (Å²) >= 11 is 0. The monoisotopic (exact) mass is 352 g/mol. The lowest BCUT2D eigenvalue weighted by atomic mass is 9.91. The summed E-state index contributed by atoms with van der Waals surface area (Å²) in [6, 6.07) is 15.6. The van der Waals surface area contributed by atoms with Crippen LogP contribution in [0.5, 0.6) is 0 Å². The number of hydrogen-bond donors (Lipinski definition) is 1. The van der Waals surface area contributed by atoms with Gasteiger partial charge in [0.25, 0.3) is 0 Å². The normalized spacial score (nSPS) is 11.8. The van der Waals surface area contributed by atoms with Crippen molar-refractivity contribution in [1.29, 1.82) is 0 Å². The number of hydrogen-bond acceptors (Lipinski definition) is 2. The third kappa shape index (κ3) is 4.72. The fourth-order valence-corrected chi connectivity index (χ4v) is 2.73. The van der Waals surface area contributed by atoms with Gasteiger partial charge in [0, 0.05) is 18.9 Å². The Balaban J connectivity index is 1.78. The largest absolute Gasteiger partial charge is 0.351 e. The molecule has 0 aliphatic heterocycles. The van der Waals surface area contributed by atoms with E-state index in [0.717, 1.165) is 11.1 Å². The Hall–Kier alpha value is -3.08. The highest BCUT2D eigenvalue weighted by molar-refractivity contribution is 5.84. The number of amides is 1. The maximum absolute atomic E-state index is 13.2. The van der Waals surface area contributed by atoms with E-state index in [0.29, 0.717) is 18.5 Å². The molecule has 0 spiro atoms. The molecule has 0 radical (unpaired) electrons. The minimum absolute atomic E-state index is 0.176. The summed E-state index contributed by atoms with van der Waals surface area (Å²) in [4.78, 5) is 16.8. The number of carbonyl (C=O) groups excluding carboxylic acids is 1. The topological polar surface area (TPSA) is 42.0 Å². The number of rotatable bonds is 6. The summed E-state index contributed by atoms with van der Waals surface area (Å²) in [7, 11) is 0. The van der Waals surface area contributed by atoms with Crippen LogP contribution in [0, 0.1) is 11.6 Å². The molecule has 3 aromatic rings. The maximum Gasteiger partial charge on any atom is 0.228 e. The zero-order chi connectivity index (χ0) is 18.4. The summed E-state index contributed by atoms with van der Waals surface area (Å²) in [6.07, 6.45) is 3.75. The Morgan fingerprint density at radius 2 is 1.58 bits per heavy atom. The molecule has 1 atom stereocenters. The molecule has 0 saturated heterocycles. The van der Waals surface area contributed by atoms with Crippen molar-refractivity contribution >= 4 is 5.91 Å². The van der Waals surface area contributed by atoms with Crippen LogP contribution in [0.4, 0.5) is 8.78 Å². The van der Waals surface area contributed by atoms with Crippen molar-refractivity contribution < 1.29 is 13.6 Å². The second-order valence-corrected chi connectivity index (χ2v) is 6.01. The lowest BCUT2D eigenvalue weighted by molar-refractivity contribution is -0.122. The van der Waals surface area contributed by atoms with Gasteiger partial charge in [0.1, 0.15) is 11.6 Å². The molecule has 0 saturated carbocycles. The lowest BCUT2D eigenvalue weighted by Crippen LogP contribution is -2.30. The van der Waals surface area contributed by atoms with Crippen molar-refractivity contribution in [3.63, 3.8) is 0 Å². The van der Waals surface area contributed by atoms with Gasteiger partial charge >= 0.3 is 0 Å². The van der Waals surface area contributed by atoms with Crippen LogP contribution in [-0.4, -0.2) is 10.9 Å². The van der Waals surface area contributed by atoms with Crippen LogP contribution in [0.3, 0.4) is 0 Å². The molecule has 132 valence electrons. The first kappa shape index (κ1) is 17.7. The molecule has 3 nitrogen and oxygen atoms in total. The number of benzene rings is 2. The first-order valence-corrected chi connectivity index (χ1v) is 8.28. The second kappa shape index (κ2) is 8.34. The van der Waals surface area contributed by atoms with Crippen LogP contribution in [0.15, 0.2) is 73.1 Å². The number of carbonyl (C=O) groups is 1. The Morgan fingerprint density at radius 3 is 2.19 bits per heavy atom. The molecule has 26 heavy (non-hydrogen) atoms. The molecule has 1 aromatic heterocycles. The van der Waals surface area contributed by atoms with Crippen LogP contribution in [0.2, 0.25) is 0 Å². The van der Waals surface area contributed by atoms with E-state index in [4.69, 9.17) is 0 Å². The Kier molecular flexibility index (Phi) is 5.69. The van der Waals surface area contributed by atoms with Crippen molar-refractivity contribution in [2.45, 2.75) is 18.9 Å². The van der Waals surface area contributed by atoms with Crippen LogP contribution in [-0.2, 0) is 17.8 Å². The van der Waals surface area contributed by atoms with Gasteiger partial charge in [-0.2, -0.15) is 0 Å². The maximum atomic E-state index is 13.2. The fraction of sp³-hybridized carbons (Fsp3) is 0.143. The van der Waals surface area contributed by atoms with Gasteiger partial charge in [0.05, 0.1) is 5.92 Å². The summed E-state index contributed by atoms with van der Waals surface area (Å²) in [5.41, 5.74) is 2.43. The predicted molar refractivity (Wildman–Crippen MR) is 95.3 cm³/mol. The van der Waals surface area contributed by atoms with Gasteiger partial charge < -0.3 is 5.32 Å². The zero-order valence-electron chi connectivity index (χ0n) is 14.0. The van der Waals surface area contributed by atoms with Crippen LogP contribution in [0.1, 0.15) is 22.6 Å². The van der Waals surface area contributed by atoms with Crippen molar-refractivity contribution in [2.75, 3.05) is 0 Å². The fourth-order valence-electron chi connectivity index (χ4n) is 2.73. The standard InChI is InChI=1S/C21H18F2N2O/c22-18-7-3-15(4-8-18)12-20(17-5-9-19(23)10-6-17)21(26)25-14-16-2-1-11-24-13-16/h1-11,13,20H,12,14H2,(H,25,26). The average molecular weight is 352 g/mol. The quantitative estimate of drug-likeness (QED) is 0.728. The highest BCUT2D eigenvalue weighted by atomic mass is 19.1. The van der Waals surface area contributed by atoms with Gasteiger partial charge in [-0.05, 0) is 53.4 Å². The summed E-state index contributed by atoms with van der Waals surface area (Å²) in [5, 5.41) is 2.90. The van der Waals surface area contributed by atoms with Crippen LogP contribution < -0.4 is 5.32 Å². The molecule has 3 rings (SSSR count). The molecule has 5 heteroatoms. The van der Waals surface area contributed by atoms with E-state index in [1.807, 2.05) is 6.07 Å². The van der Waals surface area contributed by atoms with E-state index in [2.05, 4.69) is 10.3 Å². The molecule has 1 heterocycles. The predicted octanol–water partition coefficient (Wildman–Crippen LogP) is 4.00. The Labute approximate surface area is 150 Å². The third-order valence-electron chi connectivity index (χ3n) is 4.13. The minimum atomic E-state index is -0.502. The Morgan fingerprint density at radius 1 is 0.923 bits per heavy atom. The van der Waals surface area contributed by atoms with Crippen molar-refractivity contribution in [2.24, 2.45) is 0 Å². The van der Waals surface area contributed by atoms with Gasteiger partial charge in [-0.3, -0.25) is 9.78 Å². The van der Waals surface area contributed by atoms with Gasteiger partial charge in [0.2, 0.25) is 5.91 Å². The second-order valence-electron chi connectivity index (χ2n) is 6.01. The van der Waals surface area contributed by atoms with Crippen molar-refractivity contribution in [1.82, 2.24) is 10.3 Å². The van der Waals surface area contributed by atoms with Gasteiger partial charge in [-0.25, -0.2) is 8.78 Å². The van der Waals surface area contributed by atoms with E-state index in [-0.39, 0.29) is 17.5 Å².